The van der Waals surface area contributed by atoms with Gasteiger partial charge in [0.15, 0.2) is 0 Å². The molecule has 1 heterocycles. The van der Waals surface area contributed by atoms with Crippen molar-refractivity contribution in [3.8, 4) is 11.3 Å². The molecule has 0 radical (unpaired) electrons. The normalized spacial score (nSPS) is 10.4. The molecule has 1 aromatic heterocycles. The van der Waals surface area contributed by atoms with Crippen LogP contribution >= 0.6 is 0 Å². The molecule has 3 aromatic carbocycles. The molecule has 0 unspecified atom stereocenters. The van der Waals surface area contributed by atoms with Gasteiger partial charge < -0.3 is 0 Å². The molecule has 0 atom stereocenters. The van der Waals surface area contributed by atoms with Crippen LogP contribution in [0.3, 0.4) is 0 Å². The summed E-state index contributed by atoms with van der Waals surface area (Å²) >= 11 is 0. The summed E-state index contributed by atoms with van der Waals surface area (Å²) < 4.78 is 0. The van der Waals surface area contributed by atoms with Crippen LogP contribution in [0.4, 0.5) is 17.2 Å². The Bertz CT molecular complexity index is 896. The number of hydrogen-bond donors (Lipinski definition) is 0. The third kappa shape index (κ3) is 3.29. The summed E-state index contributed by atoms with van der Waals surface area (Å²) in [5.41, 5.74) is 4.26. The van der Waals surface area contributed by atoms with E-state index in [1.165, 1.54) is 0 Å². The molecule has 0 saturated heterocycles. The predicted octanol–water partition coefficient (Wildman–Crippen LogP) is 6.22. The number of anilines is 3. The van der Waals surface area contributed by atoms with Crippen molar-refractivity contribution in [1.82, 2.24) is 4.98 Å². The lowest BCUT2D eigenvalue weighted by Crippen LogP contribution is -2.11. The molecular formula is C23H18N2. The number of benzene rings is 3. The zero-order chi connectivity index (χ0) is 16.9. The van der Waals surface area contributed by atoms with Crippen LogP contribution in [-0.4, -0.2) is 4.98 Å². The molecule has 0 spiro atoms. The Morgan fingerprint density at radius 3 is 1.56 bits per heavy atom. The van der Waals surface area contributed by atoms with Crippen molar-refractivity contribution >= 4 is 17.2 Å². The second kappa shape index (κ2) is 7.02. The minimum absolute atomic E-state index is 0.902. The Morgan fingerprint density at radius 1 is 0.480 bits per heavy atom. The first-order chi connectivity index (χ1) is 12.4. The van der Waals surface area contributed by atoms with E-state index in [1.54, 1.807) is 0 Å². The van der Waals surface area contributed by atoms with Gasteiger partial charge in [-0.2, -0.15) is 0 Å². The fourth-order valence-corrected chi connectivity index (χ4v) is 2.89. The average Bonchev–Trinajstić information content (AvgIpc) is 2.71. The first-order valence-corrected chi connectivity index (χ1v) is 8.34. The Labute approximate surface area is 148 Å². The van der Waals surface area contributed by atoms with E-state index in [0.29, 0.717) is 0 Å². The summed E-state index contributed by atoms with van der Waals surface area (Å²) in [7, 11) is 0. The highest BCUT2D eigenvalue weighted by Crippen LogP contribution is 2.33. The number of para-hydroxylation sites is 2. The topological polar surface area (TPSA) is 16.1 Å². The molecule has 2 heteroatoms. The van der Waals surface area contributed by atoms with Crippen molar-refractivity contribution < 1.29 is 0 Å². The lowest BCUT2D eigenvalue weighted by Gasteiger charge is -2.24. The fourth-order valence-electron chi connectivity index (χ4n) is 2.89. The van der Waals surface area contributed by atoms with Crippen LogP contribution in [0.2, 0.25) is 0 Å². The van der Waals surface area contributed by atoms with Crippen molar-refractivity contribution in [2.75, 3.05) is 4.90 Å². The molecule has 0 saturated carbocycles. The fraction of sp³-hybridized carbons (Fsp3) is 0. The summed E-state index contributed by atoms with van der Waals surface area (Å²) in [4.78, 5) is 7.10. The Kier molecular flexibility index (Phi) is 4.25. The van der Waals surface area contributed by atoms with E-state index in [4.69, 9.17) is 4.98 Å². The molecule has 4 aromatic rings. The van der Waals surface area contributed by atoms with Crippen molar-refractivity contribution in [1.29, 1.82) is 0 Å². The minimum atomic E-state index is 0.902. The van der Waals surface area contributed by atoms with Gasteiger partial charge in [0.2, 0.25) is 0 Å². The van der Waals surface area contributed by atoms with E-state index in [-0.39, 0.29) is 0 Å². The number of nitrogens with zero attached hydrogens (tertiary/aromatic N) is 2. The monoisotopic (exact) mass is 322 g/mol. The van der Waals surface area contributed by atoms with Gasteiger partial charge in [0.25, 0.3) is 0 Å². The zero-order valence-corrected chi connectivity index (χ0v) is 13.8. The van der Waals surface area contributed by atoms with E-state index in [1.807, 2.05) is 66.7 Å². The van der Waals surface area contributed by atoms with Crippen LogP contribution in [0.15, 0.2) is 109 Å². The molecular weight excluding hydrogens is 304 g/mol. The Hall–Kier alpha value is -3.39. The van der Waals surface area contributed by atoms with E-state index in [2.05, 4.69) is 47.4 Å². The maximum Gasteiger partial charge on any atom is 0.138 e. The standard InChI is InChI=1S/C23H18N2/c1-4-11-19(12-5-1)22-17-10-18-23(24-22)25(20-13-6-2-7-14-20)21-15-8-3-9-16-21/h1-18H. The second-order valence-electron chi connectivity index (χ2n) is 5.75. The third-order valence-corrected chi connectivity index (χ3v) is 4.06. The van der Waals surface area contributed by atoms with Crippen LogP contribution in [0.25, 0.3) is 11.3 Å². The molecule has 0 fully saturated rings. The second-order valence-corrected chi connectivity index (χ2v) is 5.75. The van der Waals surface area contributed by atoms with Gasteiger partial charge in [-0.15, -0.1) is 0 Å². The van der Waals surface area contributed by atoms with Gasteiger partial charge >= 0.3 is 0 Å². The highest BCUT2D eigenvalue weighted by Gasteiger charge is 2.13. The molecule has 4 rings (SSSR count). The van der Waals surface area contributed by atoms with Gasteiger partial charge in [0.1, 0.15) is 5.82 Å². The number of rotatable bonds is 4. The molecule has 120 valence electrons. The van der Waals surface area contributed by atoms with Gasteiger partial charge in [-0.05, 0) is 36.4 Å². The summed E-state index contributed by atoms with van der Waals surface area (Å²) in [6.07, 6.45) is 0. The number of hydrogen-bond acceptors (Lipinski definition) is 2. The molecule has 0 N–H and O–H groups in total. The van der Waals surface area contributed by atoms with Crippen LogP contribution in [0, 0.1) is 0 Å². The predicted molar refractivity (Wildman–Crippen MR) is 104 cm³/mol. The average molecular weight is 322 g/mol. The van der Waals surface area contributed by atoms with Gasteiger partial charge in [0, 0.05) is 16.9 Å². The van der Waals surface area contributed by atoms with E-state index in [9.17, 15) is 0 Å². The van der Waals surface area contributed by atoms with Gasteiger partial charge in [-0.1, -0.05) is 72.8 Å². The first kappa shape index (κ1) is 15.2. The van der Waals surface area contributed by atoms with Gasteiger partial charge in [-0.25, -0.2) is 4.98 Å². The van der Waals surface area contributed by atoms with Crippen LogP contribution < -0.4 is 4.90 Å². The molecule has 0 amide bonds. The summed E-state index contributed by atoms with van der Waals surface area (Å²) in [6, 6.07) is 37.1. The number of pyridine rings is 1. The minimum Gasteiger partial charge on any atom is -0.295 e. The number of aromatic nitrogens is 1. The first-order valence-electron chi connectivity index (χ1n) is 8.34. The lowest BCUT2D eigenvalue weighted by molar-refractivity contribution is 1.18. The Morgan fingerprint density at radius 2 is 1.00 bits per heavy atom. The summed E-state index contributed by atoms with van der Waals surface area (Å²) in [5.74, 6) is 0.902. The highest BCUT2D eigenvalue weighted by atomic mass is 15.2. The SMILES string of the molecule is c1ccc(-c2cccc(N(c3ccccc3)c3ccccc3)n2)cc1. The van der Waals surface area contributed by atoms with Crippen molar-refractivity contribution in [2.45, 2.75) is 0 Å². The summed E-state index contributed by atoms with van der Waals surface area (Å²) in [5, 5.41) is 0. The van der Waals surface area contributed by atoms with E-state index in [0.717, 1.165) is 28.5 Å². The zero-order valence-electron chi connectivity index (χ0n) is 13.8. The maximum absolute atomic E-state index is 4.92. The molecule has 0 aliphatic rings. The van der Waals surface area contributed by atoms with Crippen LogP contribution in [-0.2, 0) is 0 Å². The van der Waals surface area contributed by atoms with Gasteiger partial charge in [0.05, 0.1) is 5.69 Å². The van der Waals surface area contributed by atoms with Crippen molar-refractivity contribution in [3.05, 3.63) is 109 Å². The molecule has 0 aliphatic carbocycles. The quantitative estimate of drug-likeness (QED) is 0.443. The molecule has 25 heavy (non-hydrogen) atoms. The van der Waals surface area contributed by atoms with Crippen LogP contribution in [0.1, 0.15) is 0 Å². The molecule has 0 aliphatic heterocycles. The van der Waals surface area contributed by atoms with Crippen LogP contribution in [0.5, 0.6) is 0 Å². The Balaban J connectivity index is 1.83. The third-order valence-electron chi connectivity index (χ3n) is 4.06. The maximum atomic E-state index is 4.92. The van der Waals surface area contributed by atoms with Gasteiger partial charge in [-0.3, -0.25) is 4.90 Å². The summed E-state index contributed by atoms with van der Waals surface area (Å²) in [6.45, 7) is 0. The van der Waals surface area contributed by atoms with Crippen molar-refractivity contribution in [3.63, 3.8) is 0 Å². The highest BCUT2D eigenvalue weighted by molar-refractivity contribution is 5.75. The smallest absolute Gasteiger partial charge is 0.138 e. The van der Waals surface area contributed by atoms with Crippen molar-refractivity contribution in [2.24, 2.45) is 0 Å². The molecule has 0 bridgehead atoms. The molecule has 2 nitrogen and oxygen atoms in total. The van der Waals surface area contributed by atoms with E-state index < -0.39 is 0 Å². The largest absolute Gasteiger partial charge is 0.295 e. The van der Waals surface area contributed by atoms with E-state index >= 15 is 0 Å². The lowest BCUT2D eigenvalue weighted by atomic mass is 10.1.